The summed E-state index contributed by atoms with van der Waals surface area (Å²) >= 11 is 3.36. The molecule has 5 heteroatoms. The van der Waals surface area contributed by atoms with E-state index in [1.54, 1.807) is 10.9 Å². The Balaban J connectivity index is 2.01. The van der Waals surface area contributed by atoms with Crippen LogP contribution >= 0.6 is 15.9 Å². The molecule has 0 fully saturated rings. The van der Waals surface area contributed by atoms with Crippen LogP contribution in [0.1, 0.15) is 5.69 Å². The topological polar surface area (TPSA) is 46.9 Å². The Bertz CT molecular complexity index is 522. The number of nitrogens with one attached hydrogen (secondary N) is 1. The van der Waals surface area contributed by atoms with Crippen molar-refractivity contribution in [2.45, 2.75) is 13.5 Å². The minimum absolute atomic E-state index is 0.0881. The number of hydrogen-bond acceptors (Lipinski definition) is 2. The summed E-state index contributed by atoms with van der Waals surface area (Å²) in [5.41, 5.74) is 1.73. The van der Waals surface area contributed by atoms with Crippen LogP contribution in [-0.4, -0.2) is 15.7 Å². The second-order valence-corrected chi connectivity index (χ2v) is 4.50. The summed E-state index contributed by atoms with van der Waals surface area (Å²) in [5.74, 6) is -0.0881. The predicted molar refractivity (Wildman–Crippen MR) is 69.7 cm³/mol. The molecule has 0 radical (unpaired) electrons. The molecule has 17 heavy (non-hydrogen) atoms. The summed E-state index contributed by atoms with van der Waals surface area (Å²) in [7, 11) is 0. The van der Waals surface area contributed by atoms with Gasteiger partial charge in [0.15, 0.2) is 0 Å². The number of rotatable bonds is 3. The Morgan fingerprint density at radius 1 is 1.41 bits per heavy atom. The normalized spacial score (nSPS) is 10.2. The Labute approximate surface area is 108 Å². The van der Waals surface area contributed by atoms with Gasteiger partial charge >= 0.3 is 0 Å². The second-order valence-electron chi connectivity index (χ2n) is 3.65. The number of benzene rings is 1. The number of aromatic nitrogens is 2. The van der Waals surface area contributed by atoms with Gasteiger partial charge in [-0.15, -0.1) is 0 Å². The van der Waals surface area contributed by atoms with Crippen molar-refractivity contribution in [2.24, 2.45) is 0 Å². The van der Waals surface area contributed by atoms with Gasteiger partial charge in [0.1, 0.15) is 6.54 Å². The zero-order valence-corrected chi connectivity index (χ0v) is 10.9. The number of carbonyl (C=O) groups is 1. The highest BCUT2D eigenvalue weighted by molar-refractivity contribution is 9.10. The van der Waals surface area contributed by atoms with E-state index in [1.165, 1.54) is 0 Å². The molecule has 0 aliphatic heterocycles. The molecule has 0 aliphatic carbocycles. The van der Waals surface area contributed by atoms with Gasteiger partial charge in [0, 0.05) is 5.69 Å². The number of anilines is 1. The summed E-state index contributed by atoms with van der Waals surface area (Å²) < 4.78 is 2.56. The van der Waals surface area contributed by atoms with Crippen molar-refractivity contribution in [3.63, 3.8) is 0 Å². The SMILES string of the molecule is Cc1c(Br)cnn1CC(=O)Nc1ccccc1. The number of hydrogen-bond donors (Lipinski definition) is 1. The molecule has 1 amide bonds. The minimum Gasteiger partial charge on any atom is -0.324 e. The third kappa shape index (κ3) is 2.94. The van der Waals surface area contributed by atoms with Crippen LogP contribution in [0.3, 0.4) is 0 Å². The van der Waals surface area contributed by atoms with Gasteiger partial charge < -0.3 is 5.32 Å². The van der Waals surface area contributed by atoms with E-state index in [-0.39, 0.29) is 12.5 Å². The molecular formula is C12H12BrN3O. The molecule has 1 N–H and O–H groups in total. The maximum absolute atomic E-state index is 11.8. The summed E-state index contributed by atoms with van der Waals surface area (Å²) in [4.78, 5) is 11.8. The minimum atomic E-state index is -0.0881. The average Bonchev–Trinajstić information content (AvgIpc) is 2.62. The smallest absolute Gasteiger partial charge is 0.246 e. The van der Waals surface area contributed by atoms with Gasteiger partial charge in [-0.1, -0.05) is 18.2 Å². The zero-order chi connectivity index (χ0) is 12.3. The molecule has 0 bridgehead atoms. The van der Waals surface area contributed by atoms with Crippen LogP contribution in [0, 0.1) is 6.92 Å². The van der Waals surface area contributed by atoms with Crippen molar-refractivity contribution in [2.75, 3.05) is 5.32 Å². The molecule has 0 saturated carbocycles. The summed E-state index contributed by atoms with van der Waals surface area (Å²) in [6.45, 7) is 2.12. The largest absolute Gasteiger partial charge is 0.324 e. The Kier molecular flexibility index (Phi) is 3.58. The highest BCUT2D eigenvalue weighted by Crippen LogP contribution is 2.14. The van der Waals surface area contributed by atoms with Gasteiger partial charge in [-0.25, -0.2) is 0 Å². The third-order valence-corrected chi connectivity index (χ3v) is 3.17. The van der Waals surface area contributed by atoms with Crippen LogP contribution in [0.2, 0.25) is 0 Å². The quantitative estimate of drug-likeness (QED) is 0.945. The number of halogens is 1. The third-order valence-electron chi connectivity index (χ3n) is 2.39. The van der Waals surface area contributed by atoms with Crippen molar-refractivity contribution in [1.82, 2.24) is 9.78 Å². The Morgan fingerprint density at radius 3 is 2.71 bits per heavy atom. The average molecular weight is 294 g/mol. The lowest BCUT2D eigenvalue weighted by Crippen LogP contribution is -2.20. The van der Waals surface area contributed by atoms with E-state index in [1.807, 2.05) is 37.3 Å². The fourth-order valence-electron chi connectivity index (χ4n) is 1.44. The van der Waals surface area contributed by atoms with Crippen LogP contribution in [0.5, 0.6) is 0 Å². The van der Waals surface area contributed by atoms with E-state index in [4.69, 9.17) is 0 Å². The van der Waals surface area contributed by atoms with E-state index in [0.717, 1.165) is 15.9 Å². The summed E-state index contributed by atoms with van der Waals surface area (Å²) in [5, 5.41) is 6.92. The highest BCUT2D eigenvalue weighted by Gasteiger charge is 2.08. The molecule has 2 rings (SSSR count). The molecule has 1 aromatic heterocycles. The van der Waals surface area contributed by atoms with E-state index in [0.29, 0.717) is 0 Å². The Hall–Kier alpha value is -1.62. The molecule has 1 heterocycles. The maximum atomic E-state index is 11.8. The van der Waals surface area contributed by atoms with Crippen molar-refractivity contribution in [1.29, 1.82) is 0 Å². The fraction of sp³-hybridized carbons (Fsp3) is 0.167. The molecule has 0 atom stereocenters. The van der Waals surface area contributed by atoms with Gasteiger partial charge in [0.25, 0.3) is 0 Å². The van der Waals surface area contributed by atoms with Crippen molar-refractivity contribution < 1.29 is 4.79 Å². The Morgan fingerprint density at radius 2 is 2.12 bits per heavy atom. The summed E-state index contributed by atoms with van der Waals surface area (Å²) in [6, 6.07) is 9.37. The van der Waals surface area contributed by atoms with Gasteiger partial charge in [-0.3, -0.25) is 9.48 Å². The molecule has 2 aromatic rings. The van der Waals surface area contributed by atoms with E-state index >= 15 is 0 Å². The van der Waals surface area contributed by atoms with E-state index in [9.17, 15) is 4.79 Å². The molecule has 4 nitrogen and oxygen atoms in total. The lowest BCUT2D eigenvalue weighted by molar-refractivity contribution is -0.116. The van der Waals surface area contributed by atoms with Crippen LogP contribution in [0.15, 0.2) is 41.0 Å². The van der Waals surface area contributed by atoms with Crippen molar-refractivity contribution >= 4 is 27.5 Å². The first-order valence-electron chi connectivity index (χ1n) is 5.19. The molecule has 0 saturated heterocycles. The van der Waals surface area contributed by atoms with Gasteiger partial charge in [-0.2, -0.15) is 5.10 Å². The first-order valence-corrected chi connectivity index (χ1v) is 5.99. The van der Waals surface area contributed by atoms with Crippen LogP contribution in [0.25, 0.3) is 0 Å². The number of nitrogens with zero attached hydrogens (tertiary/aromatic N) is 2. The van der Waals surface area contributed by atoms with Gasteiger partial charge in [0.05, 0.1) is 16.4 Å². The molecule has 0 spiro atoms. The van der Waals surface area contributed by atoms with E-state index < -0.39 is 0 Å². The monoisotopic (exact) mass is 293 g/mol. The first kappa shape index (κ1) is 11.9. The molecule has 1 aromatic carbocycles. The maximum Gasteiger partial charge on any atom is 0.246 e. The molecule has 0 unspecified atom stereocenters. The highest BCUT2D eigenvalue weighted by atomic mass is 79.9. The van der Waals surface area contributed by atoms with Crippen LogP contribution < -0.4 is 5.32 Å². The van der Waals surface area contributed by atoms with E-state index in [2.05, 4.69) is 26.3 Å². The standard InChI is InChI=1S/C12H12BrN3O/c1-9-11(13)7-14-16(9)8-12(17)15-10-5-3-2-4-6-10/h2-7H,8H2,1H3,(H,15,17). The first-order chi connectivity index (χ1) is 8.16. The van der Waals surface area contributed by atoms with Crippen molar-refractivity contribution in [3.05, 3.63) is 46.7 Å². The van der Waals surface area contributed by atoms with Crippen LogP contribution in [0.4, 0.5) is 5.69 Å². The molecule has 88 valence electrons. The fourth-order valence-corrected chi connectivity index (χ4v) is 1.74. The molecule has 0 aliphatic rings. The lowest BCUT2D eigenvalue weighted by atomic mass is 10.3. The number of carbonyl (C=O) groups excluding carboxylic acids is 1. The number of para-hydroxylation sites is 1. The van der Waals surface area contributed by atoms with Gasteiger partial charge in [0.2, 0.25) is 5.91 Å². The van der Waals surface area contributed by atoms with Crippen molar-refractivity contribution in [3.8, 4) is 0 Å². The molecular weight excluding hydrogens is 282 g/mol. The zero-order valence-electron chi connectivity index (χ0n) is 9.35. The van der Waals surface area contributed by atoms with Gasteiger partial charge in [-0.05, 0) is 35.0 Å². The number of amides is 1. The lowest BCUT2D eigenvalue weighted by Gasteiger charge is -2.06. The predicted octanol–water partition coefficient (Wildman–Crippen LogP) is 2.59. The van der Waals surface area contributed by atoms with Crippen LogP contribution in [-0.2, 0) is 11.3 Å². The summed E-state index contributed by atoms with van der Waals surface area (Å²) in [6.07, 6.45) is 1.69. The second kappa shape index (κ2) is 5.14.